The summed E-state index contributed by atoms with van der Waals surface area (Å²) in [6.45, 7) is 17.5. The van der Waals surface area contributed by atoms with Gasteiger partial charge in [0.1, 0.15) is 17.6 Å². The van der Waals surface area contributed by atoms with Gasteiger partial charge in [0.15, 0.2) is 0 Å². The van der Waals surface area contributed by atoms with Crippen molar-refractivity contribution < 1.29 is 29.0 Å². The van der Waals surface area contributed by atoms with Gasteiger partial charge in [-0.2, -0.15) is 0 Å². The van der Waals surface area contributed by atoms with Crippen LogP contribution in [-0.4, -0.2) is 70.8 Å². The monoisotopic (exact) mass is 566 g/mol. The Balaban J connectivity index is 1.84. The van der Waals surface area contributed by atoms with Gasteiger partial charge in [-0.15, -0.1) is 13.2 Å². The maximum Gasteiger partial charge on any atom is 0.312 e. The van der Waals surface area contributed by atoms with Gasteiger partial charge < -0.3 is 24.4 Å². The van der Waals surface area contributed by atoms with E-state index in [1.165, 1.54) is 0 Å². The van der Waals surface area contributed by atoms with Gasteiger partial charge in [-0.05, 0) is 63.5 Å². The molecular weight excluding hydrogens is 520 g/mol. The van der Waals surface area contributed by atoms with E-state index in [2.05, 4.69) is 13.2 Å². The smallest absolute Gasteiger partial charge is 0.312 e. The molecule has 224 valence electrons. The fraction of sp³-hybridized carbons (Fsp3) is 0.606. The highest BCUT2D eigenvalue weighted by atomic mass is 16.6. The van der Waals surface area contributed by atoms with E-state index in [1.54, 1.807) is 22.0 Å². The zero-order chi connectivity index (χ0) is 30.1. The van der Waals surface area contributed by atoms with Crippen LogP contribution in [0.1, 0.15) is 64.0 Å². The fourth-order valence-electron chi connectivity index (χ4n) is 7.46. The average molecular weight is 567 g/mol. The summed E-state index contributed by atoms with van der Waals surface area (Å²) in [5, 5.41) is 10.6. The maximum atomic E-state index is 14.9. The second kappa shape index (κ2) is 12.1. The van der Waals surface area contributed by atoms with Crippen molar-refractivity contribution in [1.82, 2.24) is 4.90 Å². The summed E-state index contributed by atoms with van der Waals surface area (Å²) < 4.78 is 12.4. The number of fused-ring (bicyclic) bond motifs is 1. The third-order valence-electron chi connectivity index (χ3n) is 9.63. The highest BCUT2D eigenvalue weighted by Gasteiger charge is 2.79. The lowest BCUT2D eigenvalue weighted by Crippen LogP contribution is -2.60. The molecule has 1 N–H and O–H groups in total. The van der Waals surface area contributed by atoms with Crippen LogP contribution in [0.25, 0.3) is 0 Å². The number of aliphatic hydroxyl groups excluding tert-OH is 1. The Kier molecular flexibility index (Phi) is 9.14. The van der Waals surface area contributed by atoms with Crippen molar-refractivity contribution in [2.75, 3.05) is 24.7 Å². The van der Waals surface area contributed by atoms with E-state index in [-0.39, 0.29) is 37.5 Å². The SMILES string of the molecule is C=CCCCOC(=O)[C@H]1[C@H]2C(=O)N([C@@H](CO)[C@@H](C)CC)C(C(=O)N(CC=C)c3c(C)cccc3C)C23CC[C@]1(C)O3. The van der Waals surface area contributed by atoms with Gasteiger partial charge in [0.2, 0.25) is 5.91 Å². The van der Waals surface area contributed by atoms with Gasteiger partial charge in [0.25, 0.3) is 5.91 Å². The number of aryl methyl sites for hydroxylation is 2. The van der Waals surface area contributed by atoms with Crippen LogP contribution in [0.3, 0.4) is 0 Å². The van der Waals surface area contributed by atoms with E-state index in [0.29, 0.717) is 32.1 Å². The number of unbranched alkanes of at least 4 members (excludes halogenated alkanes) is 1. The summed E-state index contributed by atoms with van der Waals surface area (Å²) in [6.07, 6.45) is 6.49. The lowest BCUT2D eigenvalue weighted by molar-refractivity contribution is -0.161. The molecule has 2 unspecified atom stereocenters. The molecule has 0 radical (unpaired) electrons. The molecule has 41 heavy (non-hydrogen) atoms. The topological polar surface area (TPSA) is 96.4 Å². The molecular formula is C33H46N2O6. The van der Waals surface area contributed by atoms with Crippen molar-refractivity contribution in [2.45, 2.75) is 90.0 Å². The minimum atomic E-state index is -1.20. The van der Waals surface area contributed by atoms with Gasteiger partial charge >= 0.3 is 5.97 Å². The summed E-state index contributed by atoms with van der Waals surface area (Å²) in [7, 11) is 0. The summed E-state index contributed by atoms with van der Waals surface area (Å²) in [5.74, 6) is -2.87. The number of rotatable bonds is 13. The van der Waals surface area contributed by atoms with Gasteiger partial charge in [-0.25, -0.2) is 0 Å². The molecule has 3 aliphatic heterocycles. The number of benzene rings is 1. The van der Waals surface area contributed by atoms with E-state index < -0.39 is 41.1 Å². The van der Waals surface area contributed by atoms with Crippen molar-refractivity contribution in [2.24, 2.45) is 17.8 Å². The van der Waals surface area contributed by atoms with E-state index in [0.717, 1.165) is 16.8 Å². The van der Waals surface area contributed by atoms with Gasteiger partial charge in [0.05, 0.1) is 30.8 Å². The average Bonchev–Trinajstić information content (AvgIpc) is 3.51. The number of aliphatic hydroxyl groups is 1. The summed E-state index contributed by atoms with van der Waals surface area (Å²) >= 11 is 0. The van der Waals surface area contributed by atoms with Gasteiger partial charge in [-0.1, -0.05) is 50.6 Å². The molecule has 0 aromatic heterocycles. The zero-order valence-electron chi connectivity index (χ0n) is 25.2. The van der Waals surface area contributed by atoms with Crippen molar-refractivity contribution in [3.8, 4) is 0 Å². The van der Waals surface area contributed by atoms with Crippen LogP contribution in [0.5, 0.6) is 0 Å². The number of para-hydroxylation sites is 1. The van der Waals surface area contributed by atoms with E-state index >= 15 is 0 Å². The minimum Gasteiger partial charge on any atom is -0.465 e. The van der Waals surface area contributed by atoms with Crippen LogP contribution in [0, 0.1) is 31.6 Å². The molecule has 8 nitrogen and oxygen atoms in total. The molecule has 1 spiro atoms. The second-order valence-electron chi connectivity index (χ2n) is 12.2. The van der Waals surface area contributed by atoms with Crippen molar-refractivity contribution in [3.05, 3.63) is 54.6 Å². The summed E-state index contributed by atoms with van der Waals surface area (Å²) in [5.41, 5.74) is 0.495. The van der Waals surface area contributed by atoms with Crippen molar-refractivity contribution in [1.29, 1.82) is 0 Å². The van der Waals surface area contributed by atoms with Crippen LogP contribution < -0.4 is 4.90 Å². The minimum absolute atomic E-state index is 0.0837. The Morgan fingerprint density at radius 1 is 1.24 bits per heavy atom. The predicted molar refractivity (Wildman–Crippen MR) is 158 cm³/mol. The Morgan fingerprint density at radius 3 is 2.51 bits per heavy atom. The molecule has 4 rings (SSSR count). The molecule has 3 heterocycles. The largest absolute Gasteiger partial charge is 0.465 e. The van der Waals surface area contributed by atoms with Gasteiger partial charge in [0, 0.05) is 12.2 Å². The molecule has 2 bridgehead atoms. The van der Waals surface area contributed by atoms with Crippen LogP contribution in [0.2, 0.25) is 0 Å². The number of nitrogens with zero attached hydrogens (tertiary/aromatic N) is 2. The fourth-order valence-corrected chi connectivity index (χ4v) is 7.46. The number of ether oxygens (including phenoxy) is 2. The van der Waals surface area contributed by atoms with E-state index in [4.69, 9.17) is 9.47 Å². The first kappa shape index (κ1) is 31.0. The molecule has 3 saturated heterocycles. The molecule has 3 aliphatic rings. The van der Waals surface area contributed by atoms with Crippen LogP contribution in [0.15, 0.2) is 43.5 Å². The molecule has 8 heteroatoms. The summed E-state index contributed by atoms with van der Waals surface area (Å²) in [4.78, 5) is 46.2. The Labute approximate surface area is 244 Å². The number of anilines is 1. The third-order valence-corrected chi connectivity index (χ3v) is 9.63. The molecule has 0 saturated carbocycles. The Morgan fingerprint density at radius 2 is 1.93 bits per heavy atom. The maximum absolute atomic E-state index is 14.9. The summed E-state index contributed by atoms with van der Waals surface area (Å²) in [6, 6.07) is 4.24. The Bertz CT molecular complexity index is 1180. The Hall–Kier alpha value is -2.97. The standard InChI is InChI=1S/C33H46N2O6/c1-8-11-12-19-40-31(39)26-25-29(37)35(24(20-36)21(4)10-3)28(33(25)17-16-32(26,7)41-33)30(38)34(18-9-2)27-22(5)14-13-15-23(27)6/h8-9,13-15,21,24-26,28,36H,1-2,10-12,16-20H2,3-7H3/t21-,24-,25-,26+,28?,32-,33?/m0/s1. The number of hydrogen-bond acceptors (Lipinski definition) is 6. The van der Waals surface area contributed by atoms with Crippen LogP contribution in [0.4, 0.5) is 5.69 Å². The molecule has 3 fully saturated rings. The van der Waals surface area contributed by atoms with Gasteiger partial charge in [-0.3, -0.25) is 14.4 Å². The van der Waals surface area contributed by atoms with Crippen molar-refractivity contribution in [3.63, 3.8) is 0 Å². The lowest BCUT2D eigenvalue weighted by atomic mass is 9.66. The first-order valence-electron chi connectivity index (χ1n) is 14.9. The second-order valence-corrected chi connectivity index (χ2v) is 12.2. The first-order valence-corrected chi connectivity index (χ1v) is 14.9. The molecule has 1 aromatic carbocycles. The number of hydrogen-bond donors (Lipinski definition) is 1. The number of carbonyl (C=O) groups is 3. The van der Waals surface area contributed by atoms with Crippen molar-refractivity contribution >= 4 is 23.5 Å². The molecule has 0 aliphatic carbocycles. The zero-order valence-corrected chi connectivity index (χ0v) is 25.2. The highest BCUT2D eigenvalue weighted by Crippen LogP contribution is 2.64. The van der Waals surface area contributed by atoms with E-state index in [9.17, 15) is 19.5 Å². The highest BCUT2D eigenvalue weighted by molar-refractivity contribution is 6.05. The first-order chi connectivity index (χ1) is 19.5. The predicted octanol–water partition coefficient (Wildman–Crippen LogP) is 4.50. The lowest BCUT2D eigenvalue weighted by Gasteiger charge is -2.41. The number of amides is 2. The van der Waals surface area contributed by atoms with Crippen LogP contribution >= 0.6 is 0 Å². The molecule has 7 atom stereocenters. The number of allylic oxidation sites excluding steroid dienone is 1. The molecule has 2 amide bonds. The number of likely N-dealkylation sites (tertiary alicyclic amines) is 1. The molecule has 1 aromatic rings. The van der Waals surface area contributed by atoms with E-state index in [1.807, 2.05) is 52.8 Å². The van der Waals surface area contributed by atoms with Crippen LogP contribution in [-0.2, 0) is 23.9 Å². The normalized spacial score (nSPS) is 29.7. The number of esters is 1. The third kappa shape index (κ3) is 5.03. The number of carbonyl (C=O) groups excluding carboxylic acids is 3. The quantitative estimate of drug-likeness (QED) is 0.215.